The number of aliphatic hydroxyl groups is 1. The van der Waals surface area contributed by atoms with E-state index in [9.17, 15) is 0 Å². The van der Waals surface area contributed by atoms with Gasteiger partial charge < -0.3 is 14.3 Å². The van der Waals surface area contributed by atoms with Crippen molar-refractivity contribution in [3.63, 3.8) is 0 Å². The molecule has 0 spiro atoms. The van der Waals surface area contributed by atoms with Gasteiger partial charge in [0.1, 0.15) is 5.76 Å². The van der Waals surface area contributed by atoms with Crippen molar-refractivity contribution in [1.82, 2.24) is 4.98 Å². The van der Waals surface area contributed by atoms with Crippen molar-refractivity contribution in [2.24, 2.45) is 0 Å². The molecule has 2 rings (SSSR count). The Morgan fingerprint density at radius 3 is 3.14 bits per heavy atom. The molecule has 74 valence electrons. The number of methoxy groups -OCH3 is 1. The third-order valence-electron chi connectivity index (χ3n) is 2.00. The summed E-state index contributed by atoms with van der Waals surface area (Å²) >= 11 is 0. The van der Waals surface area contributed by atoms with Crippen LogP contribution in [0.3, 0.4) is 0 Å². The van der Waals surface area contributed by atoms with E-state index in [4.69, 9.17) is 14.3 Å². The Hall–Kier alpha value is -1.55. The molecule has 14 heavy (non-hydrogen) atoms. The Morgan fingerprint density at radius 1 is 1.57 bits per heavy atom. The summed E-state index contributed by atoms with van der Waals surface area (Å²) in [5.74, 6) is 1.22. The summed E-state index contributed by atoms with van der Waals surface area (Å²) in [5.41, 5.74) is 0.637. The average Bonchev–Trinajstić information content (AvgIpc) is 2.60. The first-order valence-electron chi connectivity index (χ1n) is 4.37. The van der Waals surface area contributed by atoms with Crippen LogP contribution in [-0.2, 0) is 6.42 Å². The minimum absolute atomic E-state index is 0.0789. The molecule has 2 aromatic rings. The Balaban J connectivity index is 2.52. The van der Waals surface area contributed by atoms with Crippen LogP contribution in [0.15, 0.2) is 22.7 Å². The van der Waals surface area contributed by atoms with E-state index in [1.165, 1.54) is 0 Å². The molecule has 0 aliphatic rings. The van der Waals surface area contributed by atoms with Gasteiger partial charge in [-0.1, -0.05) is 0 Å². The molecule has 0 saturated carbocycles. The Kier molecular flexibility index (Phi) is 2.37. The Labute approximate surface area is 81.1 Å². The van der Waals surface area contributed by atoms with Crippen molar-refractivity contribution in [3.8, 4) is 5.88 Å². The van der Waals surface area contributed by atoms with Gasteiger partial charge in [-0.25, -0.2) is 4.98 Å². The highest BCUT2D eigenvalue weighted by Gasteiger charge is 2.08. The van der Waals surface area contributed by atoms with Gasteiger partial charge in [0.2, 0.25) is 0 Å². The smallest absolute Gasteiger partial charge is 0.258 e. The predicted molar refractivity (Wildman–Crippen MR) is 51.4 cm³/mol. The maximum Gasteiger partial charge on any atom is 0.258 e. The third-order valence-corrected chi connectivity index (χ3v) is 2.00. The van der Waals surface area contributed by atoms with E-state index in [1.807, 2.05) is 12.1 Å². The molecule has 4 heteroatoms. The van der Waals surface area contributed by atoms with Gasteiger partial charge >= 0.3 is 0 Å². The van der Waals surface area contributed by atoms with Crippen LogP contribution in [-0.4, -0.2) is 23.8 Å². The Bertz CT molecular complexity index is 436. The number of aliphatic hydroxyl groups excluding tert-OH is 1. The molecule has 2 heterocycles. The zero-order valence-electron chi connectivity index (χ0n) is 7.86. The second kappa shape index (κ2) is 3.67. The molecule has 0 fully saturated rings. The standard InChI is InChI=1S/C10H11NO3/c1-13-10-9-7(2-4-11-10)6-8(14-9)3-5-12/h2,4,6,12H,3,5H2,1H3. The molecule has 0 atom stereocenters. The average molecular weight is 193 g/mol. The highest BCUT2D eigenvalue weighted by Crippen LogP contribution is 2.26. The summed E-state index contributed by atoms with van der Waals surface area (Å²) in [7, 11) is 1.55. The summed E-state index contributed by atoms with van der Waals surface area (Å²) in [6, 6.07) is 3.73. The lowest BCUT2D eigenvalue weighted by atomic mass is 10.3. The number of hydrogen-bond acceptors (Lipinski definition) is 4. The van der Waals surface area contributed by atoms with Crippen molar-refractivity contribution < 1.29 is 14.3 Å². The summed E-state index contributed by atoms with van der Waals surface area (Å²) in [5, 5.41) is 9.71. The van der Waals surface area contributed by atoms with Crippen LogP contribution in [0.2, 0.25) is 0 Å². The molecule has 0 aliphatic heterocycles. The largest absolute Gasteiger partial charge is 0.478 e. The predicted octanol–water partition coefficient (Wildman–Crippen LogP) is 1.37. The van der Waals surface area contributed by atoms with Crippen LogP contribution < -0.4 is 4.74 Å². The fourth-order valence-corrected chi connectivity index (χ4v) is 1.37. The normalized spacial score (nSPS) is 10.7. The van der Waals surface area contributed by atoms with Gasteiger partial charge in [-0.3, -0.25) is 0 Å². The van der Waals surface area contributed by atoms with Crippen molar-refractivity contribution in [3.05, 3.63) is 24.1 Å². The molecule has 0 saturated heterocycles. The topological polar surface area (TPSA) is 55.5 Å². The lowest BCUT2D eigenvalue weighted by Crippen LogP contribution is -1.86. The lowest BCUT2D eigenvalue weighted by molar-refractivity contribution is 0.289. The number of pyridine rings is 1. The van der Waals surface area contributed by atoms with Gasteiger partial charge in [-0.15, -0.1) is 0 Å². The summed E-state index contributed by atoms with van der Waals surface area (Å²) < 4.78 is 10.5. The van der Waals surface area contributed by atoms with Crippen LogP contribution in [0.1, 0.15) is 5.76 Å². The number of hydrogen-bond donors (Lipinski definition) is 1. The third kappa shape index (κ3) is 1.44. The lowest BCUT2D eigenvalue weighted by Gasteiger charge is -1.96. The molecular weight excluding hydrogens is 182 g/mol. The van der Waals surface area contributed by atoms with Crippen molar-refractivity contribution in [2.75, 3.05) is 13.7 Å². The van der Waals surface area contributed by atoms with Crippen molar-refractivity contribution >= 4 is 11.0 Å². The first-order valence-corrected chi connectivity index (χ1v) is 4.37. The maximum absolute atomic E-state index is 8.76. The monoisotopic (exact) mass is 193 g/mol. The molecule has 0 bridgehead atoms. The van der Waals surface area contributed by atoms with Crippen LogP contribution in [0, 0.1) is 0 Å². The summed E-state index contributed by atoms with van der Waals surface area (Å²) in [4.78, 5) is 4.02. The minimum atomic E-state index is 0.0789. The fraction of sp³-hybridized carbons (Fsp3) is 0.300. The molecule has 0 unspecified atom stereocenters. The summed E-state index contributed by atoms with van der Waals surface area (Å²) in [6.07, 6.45) is 2.18. The first-order chi connectivity index (χ1) is 6.85. The molecule has 0 aromatic carbocycles. The zero-order chi connectivity index (χ0) is 9.97. The number of rotatable bonds is 3. The van der Waals surface area contributed by atoms with Gasteiger partial charge in [0.05, 0.1) is 13.7 Å². The second-order valence-corrected chi connectivity index (χ2v) is 2.92. The maximum atomic E-state index is 8.76. The molecule has 1 N–H and O–H groups in total. The van der Waals surface area contributed by atoms with Gasteiger partial charge in [-0.05, 0) is 12.1 Å². The molecule has 0 amide bonds. The Morgan fingerprint density at radius 2 is 2.43 bits per heavy atom. The van der Waals surface area contributed by atoms with Crippen LogP contribution in [0.5, 0.6) is 5.88 Å². The van der Waals surface area contributed by atoms with Gasteiger partial charge in [0, 0.05) is 18.0 Å². The fourth-order valence-electron chi connectivity index (χ4n) is 1.37. The van der Waals surface area contributed by atoms with Gasteiger partial charge in [-0.2, -0.15) is 0 Å². The van der Waals surface area contributed by atoms with Crippen LogP contribution >= 0.6 is 0 Å². The highest BCUT2D eigenvalue weighted by atomic mass is 16.5. The van der Waals surface area contributed by atoms with E-state index < -0.39 is 0 Å². The number of furan rings is 1. The number of ether oxygens (including phenoxy) is 1. The minimum Gasteiger partial charge on any atom is -0.478 e. The molecule has 4 nitrogen and oxygen atoms in total. The summed E-state index contributed by atoms with van der Waals surface area (Å²) in [6.45, 7) is 0.0789. The first kappa shape index (κ1) is 9.02. The van der Waals surface area contributed by atoms with Crippen LogP contribution in [0.25, 0.3) is 11.0 Å². The number of nitrogens with zero attached hydrogens (tertiary/aromatic N) is 1. The number of aromatic nitrogens is 1. The molecular formula is C10H11NO3. The van der Waals surface area contributed by atoms with E-state index in [0.717, 1.165) is 11.1 Å². The van der Waals surface area contributed by atoms with E-state index in [1.54, 1.807) is 13.3 Å². The molecule has 2 aromatic heterocycles. The number of fused-ring (bicyclic) bond motifs is 1. The van der Waals surface area contributed by atoms with Gasteiger partial charge in [0.15, 0.2) is 5.58 Å². The van der Waals surface area contributed by atoms with E-state index in [-0.39, 0.29) is 6.61 Å². The second-order valence-electron chi connectivity index (χ2n) is 2.92. The zero-order valence-corrected chi connectivity index (χ0v) is 7.86. The quantitative estimate of drug-likeness (QED) is 0.799. The van der Waals surface area contributed by atoms with Crippen molar-refractivity contribution in [1.29, 1.82) is 0 Å². The van der Waals surface area contributed by atoms with E-state index >= 15 is 0 Å². The van der Waals surface area contributed by atoms with Crippen LogP contribution in [0.4, 0.5) is 0 Å². The highest BCUT2D eigenvalue weighted by molar-refractivity contribution is 5.81. The van der Waals surface area contributed by atoms with Gasteiger partial charge in [0.25, 0.3) is 5.88 Å². The SMILES string of the molecule is COc1nccc2cc(CCO)oc12. The van der Waals surface area contributed by atoms with E-state index in [2.05, 4.69) is 4.98 Å². The van der Waals surface area contributed by atoms with E-state index in [0.29, 0.717) is 17.9 Å². The molecule has 0 radical (unpaired) electrons. The van der Waals surface area contributed by atoms with Crippen molar-refractivity contribution in [2.45, 2.75) is 6.42 Å². The molecule has 0 aliphatic carbocycles.